The Labute approximate surface area is 130 Å². The van der Waals surface area contributed by atoms with E-state index in [2.05, 4.69) is 53.8 Å². The topological polar surface area (TPSA) is 29.1 Å². The van der Waals surface area contributed by atoms with Gasteiger partial charge >= 0.3 is 0 Å². The van der Waals surface area contributed by atoms with Crippen molar-refractivity contribution in [3.8, 4) is 0 Å². The maximum atomic E-state index is 11.5. The normalized spacial score (nSPS) is 15.3. The maximum Gasteiger partial charge on any atom is 0.0441 e. The van der Waals surface area contributed by atoms with Crippen LogP contribution in [0.5, 0.6) is 0 Å². The van der Waals surface area contributed by atoms with Crippen LogP contribution in [0.4, 0.5) is 0 Å². The van der Waals surface area contributed by atoms with Crippen molar-refractivity contribution in [3.05, 3.63) is 71.8 Å². The van der Waals surface area contributed by atoms with Crippen LogP contribution in [0.1, 0.15) is 24.1 Å². The minimum Gasteiger partial charge on any atom is -0.308 e. The summed E-state index contributed by atoms with van der Waals surface area (Å²) in [6.07, 6.45) is 2.70. The Morgan fingerprint density at radius 3 is 2.14 bits per heavy atom. The Hall–Kier alpha value is -1.45. The number of nitrogens with one attached hydrogen (secondary N) is 1. The highest BCUT2D eigenvalue weighted by atomic mass is 32.2. The van der Waals surface area contributed by atoms with Gasteiger partial charge in [0.25, 0.3) is 0 Å². The molecule has 0 fully saturated rings. The zero-order valence-corrected chi connectivity index (χ0v) is 13.5. The Balaban J connectivity index is 2.09. The van der Waals surface area contributed by atoms with Crippen molar-refractivity contribution in [2.75, 3.05) is 12.8 Å². The predicted molar refractivity (Wildman–Crippen MR) is 90.9 cm³/mol. The molecular weight excluding hydrogens is 278 g/mol. The van der Waals surface area contributed by atoms with Gasteiger partial charge in [-0.15, -0.1) is 0 Å². The predicted octanol–water partition coefficient (Wildman–Crippen LogP) is 3.33. The molecule has 2 aromatic carbocycles. The number of hydrogen-bond acceptors (Lipinski definition) is 2. The van der Waals surface area contributed by atoms with Gasteiger partial charge in [0.05, 0.1) is 0 Å². The molecule has 1 N–H and O–H groups in total. The SMILES string of the molecule is CC(CNC(Cc1ccccc1)c1ccccc1)S(C)=O. The Morgan fingerprint density at radius 1 is 1.00 bits per heavy atom. The van der Waals surface area contributed by atoms with Gasteiger partial charge in [0.1, 0.15) is 0 Å². The quantitative estimate of drug-likeness (QED) is 0.850. The maximum absolute atomic E-state index is 11.5. The third-order valence-corrected chi connectivity index (χ3v) is 5.00. The van der Waals surface area contributed by atoms with Crippen LogP contribution in [-0.4, -0.2) is 22.3 Å². The van der Waals surface area contributed by atoms with Crippen molar-refractivity contribution >= 4 is 10.8 Å². The van der Waals surface area contributed by atoms with Gasteiger partial charge < -0.3 is 5.32 Å². The van der Waals surface area contributed by atoms with E-state index < -0.39 is 10.8 Å². The zero-order valence-electron chi connectivity index (χ0n) is 12.7. The summed E-state index contributed by atoms with van der Waals surface area (Å²) in [4.78, 5) is 0. The molecule has 3 unspecified atom stereocenters. The van der Waals surface area contributed by atoms with Crippen molar-refractivity contribution in [1.29, 1.82) is 0 Å². The standard InChI is InChI=1S/C18H23NOS/c1-15(21(2)20)14-19-18(17-11-7-4-8-12-17)13-16-9-5-3-6-10-16/h3-12,15,18-19H,13-14H2,1-2H3. The molecule has 2 nitrogen and oxygen atoms in total. The summed E-state index contributed by atoms with van der Waals surface area (Å²) in [5, 5.41) is 3.73. The fourth-order valence-corrected chi connectivity index (χ4v) is 2.60. The van der Waals surface area contributed by atoms with Gasteiger partial charge in [-0.3, -0.25) is 4.21 Å². The molecular formula is C18H23NOS. The lowest BCUT2D eigenvalue weighted by Gasteiger charge is -2.21. The second kappa shape index (κ2) is 8.11. The van der Waals surface area contributed by atoms with E-state index in [0.29, 0.717) is 0 Å². The highest BCUT2D eigenvalue weighted by Gasteiger charge is 2.14. The molecule has 0 amide bonds. The average molecular weight is 301 g/mol. The summed E-state index contributed by atoms with van der Waals surface area (Å²) in [5.74, 6) is 0. The van der Waals surface area contributed by atoms with Crippen LogP contribution in [0.3, 0.4) is 0 Å². The van der Waals surface area contributed by atoms with E-state index >= 15 is 0 Å². The van der Waals surface area contributed by atoms with Gasteiger partial charge in [-0.05, 0) is 24.5 Å². The fourth-order valence-electron chi connectivity index (χ4n) is 2.27. The molecule has 21 heavy (non-hydrogen) atoms. The van der Waals surface area contributed by atoms with E-state index in [1.807, 2.05) is 19.1 Å². The molecule has 0 aliphatic rings. The smallest absolute Gasteiger partial charge is 0.0441 e. The molecule has 0 spiro atoms. The lowest BCUT2D eigenvalue weighted by Crippen LogP contribution is -2.32. The van der Waals surface area contributed by atoms with Gasteiger partial charge in [0, 0.05) is 34.9 Å². The van der Waals surface area contributed by atoms with Crippen LogP contribution in [0, 0.1) is 0 Å². The van der Waals surface area contributed by atoms with Gasteiger partial charge in [-0.2, -0.15) is 0 Å². The summed E-state index contributed by atoms with van der Waals surface area (Å²) in [7, 11) is -0.792. The van der Waals surface area contributed by atoms with Crippen molar-refractivity contribution in [2.24, 2.45) is 0 Å². The summed E-state index contributed by atoms with van der Waals surface area (Å²) in [5.41, 5.74) is 2.58. The molecule has 0 aromatic heterocycles. The fraction of sp³-hybridized carbons (Fsp3) is 0.333. The first-order valence-electron chi connectivity index (χ1n) is 7.31. The molecule has 112 valence electrons. The van der Waals surface area contributed by atoms with E-state index in [1.165, 1.54) is 11.1 Å². The molecule has 0 saturated carbocycles. The van der Waals surface area contributed by atoms with E-state index in [9.17, 15) is 4.21 Å². The molecule has 2 aromatic rings. The zero-order chi connectivity index (χ0) is 15.1. The lowest BCUT2D eigenvalue weighted by atomic mass is 9.99. The Bertz CT molecular complexity index is 556. The van der Waals surface area contributed by atoms with Crippen molar-refractivity contribution in [3.63, 3.8) is 0 Å². The van der Waals surface area contributed by atoms with E-state index in [4.69, 9.17) is 0 Å². The van der Waals surface area contributed by atoms with Gasteiger partial charge in [-0.1, -0.05) is 60.7 Å². The van der Waals surface area contributed by atoms with Crippen LogP contribution in [0.15, 0.2) is 60.7 Å². The molecule has 3 atom stereocenters. The third kappa shape index (κ3) is 5.10. The van der Waals surface area contributed by atoms with Gasteiger partial charge in [0.15, 0.2) is 0 Å². The summed E-state index contributed by atoms with van der Waals surface area (Å²) in [6, 6.07) is 21.2. The van der Waals surface area contributed by atoms with Crippen LogP contribution in [0.2, 0.25) is 0 Å². The summed E-state index contributed by atoms with van der Waals surface area (Å²) >= 11 is 0. The minimum atomic E-state index is -0.792. The molecule has 0 aliphatic heterocycles. The Morgan fingerprint density at radius 2 is 1.57 bits per heavy atom. The van der Waals surface area contributed by atoms with Crippen molar-refractivity contribution < 1.29 is 4.21 Å². The van der Waals surface area contributed by atoms with E-state index in [1.54, 1.807) is 6.26 Å². The second-order valence-corrected chi connectivity index (χ2v) is 7.17. The first-order valence-corrected chi connectivity index (χ1v) is 8.93. The van der Waals surface area contributed by atoms with E-state index in [0.717, 1.165) is 13.0 Å². The summed E-state index contributed by atoms with van der Waals surface area (Å²) in [6.45, 7) is 2.78. The van der Waals surface area contributed by atoms with Crippen molar-refractivity contribution in [2.45, 2.75) is 24.6 Å². The highest BCUT2D eigenvalue weighted by molar-refractivity contribution is 7.84. The molecule has 0 heterocycles. The largest absolute Gasteiger partial charge is 0.308 e. The summed E-state index contributed by atoms with van der Waals surface area (Å²) < 4.78 is 11.5. The van der Waals surface area contributed by atoms with E-state index in [-0.39, 0.29) is 11.3 Å². The van der Waals surface area contributed by atoms with Gasteiger partial charge in [-0.25, -0.2) is 0 Å². The van der Waals surface area contributed by atoms with Crippen LogP contribution in [0.25, 0.3) is 0 Å². The monoisotopic (exact) mass is 301 g/mol. The Kier molecular flexibility index (Phi) is 6.15. The molecule has 0 bridgehead atoms. The number of hydrogen-bond donors (Lipinski definition) is 1. The molecule has 2 rings (SSSR count). The van der Waals surface area contributed by atoms with Gasteiger partial charge in [0.2, 0.25) is 0 Å². The molecule has 0 radical (unpaired) electrons. The minimum absolute atomic E-state index is 0.159. The van der Waals surface area contributed by atoms with Crippen LogP contribution < -0.4 is 5.32 Å². The molecule has 0 saturated heterocycles. The average Bonchev–Trinajstić information content (AvgIpc) is 2.52. The van der Waals surface area contributed by atoms with Crippen LogP contribution in [-0.2, 0) is 17.2 Å². The first kappa shape index (κ1) is 15.9. The first-order chi connectivity index (χ1) is 10.2. The molecule has 0 aliphatic carbocycles. The molecule has 3 heteroatoms. The second-order valence-electron chi connectivity index (χ2n) is 5.37. The third-order valence-electron chi connectivity index (χ3n) is 3.70. The lowest BCUT2D eigenvalue weighted by molar-refractivity contribution is 0.529. The number of rotatable bonds is 7. The van der Waals surface area contributed by atoms with Crippen molar-refractivity contribution in [1.82, 2.24) is 5.32 Å². The van der Waals surface area contributed by atoms with Crippen LogP contribution >= 0.6 is 0 Å². The number of benzene rings is 2. The highest BCUT2D eigenvalue weighted by Crippen LogP contribution is 2.18.